The molecule has 0 atom stereocenters. The predicted octanol–water partition coefficient (Wildman–Crippen LogP) is 1.10. The summed E-state index contributed by atoms with van der Waals surface area (Å²) < 4.78 is 3.49. The number of rotatable bonds is 1. The molecule has 0 aliphatic heterocycles. The van der Waals surface area contributed by atoms with Gasteiger partial charge in [-0.1, -0.05) is 18.2 Å². The van der Waals surface area contributed by atoms with Crippen LogP contribution in [0.25, 0.3) is 5.69 Å². The average Bonchev–Trinajstić information content (AvgIpc) is 2.43. The van der Waals surface area contributed by atoms with Gasteiger partial charge < -0.3 is 0 Å². The maximum absolute atomic E-state index is 11.6. The van der Waals surface area contributed by atoms with Crippen molar-refractivity contribution in [2.45, 2.75) is 6.92 Å². The van der Waals surface area contributed by atoms with Crippen LogP contribution in [0.1, 0.15) is 5.69 Å². The molecule has 2 aromatic rings. The number of nitrogens with zero attached hydrogens (tertiary/aromatic N) is 2. The van der Waals surface area contributed by atoms with E-state index < -0.39 is 0 Å². The Morgan fingerprint density at radius 2 is 1.73 bits per heavy atom. The number of para-hydroxylation sites is 1. The van der Waals surface area contributed by atoms with Crippen molar-refractivity contribution in [3.63, 3.8) is 0 Å². The van der Waals surface area contributed by atoms with Gasteiger partial charge in [0.1, 0.15) is 0 Å². The van der Waals surface area contributed by atoms with Gasteiger partial charge >= 0.3 is 0 Å². The molecule has 0 N–H and O–H groups in total. The minimum absolute atomic E-state index is 0. The summed E-state index contributed by atoms with van der Waals surface area (Å²) in [5.41, 5.74) is 1.86. The summed E-state index contributed by atoms with van der Waals surface area (Å²) in [4.78, 5) is 11.6. The van der Waals surface area contributed by atoms with Gasteiger partial charge in [0.25, 0.3) is 5.56 Å². The van der Waals surface area contributed by atoms with E-state index in [1.165, 1.54) is 0 Å². The fourth-order valence-electron chi connectivity index (χ4n) is 1.51. The number of benzene rings is 1. The van der Waals surface area contributed by atoms with Crippen LogP contribution in [0.2, 0.25) is 0 Å². The van der Waals surface area contributed by atoms with E-state index in [1.54, 1.807) is 10.7 Å². The maximum atomic E-state index is 11.6. The minimum Gasteiger partial charge on any atom is -0.285 e. The van der Waals surface area contributed by atoms with Crippen molar-refractivity contribution in [2.24, 2.45) is 7.05 Å². The number of hydrogen-bond donors (Lipinski definition) is 0. The van der Waals surface area contributed by atoms with E-state index in [4.69, 9.17) is 0 Å². The van der Waals surface area contributed by atoms with Gasteiger partial charge in [0.05, 0.1) is 5.69 Å². The Kier molecular flexibility index (Phi) is 3.97. The fraction of sp³-hybridized carbons (Fsp3) is 0.182. The Hall–Kier alpha value is -0.770. The van der Waals surface area contributed by atoms with Crippen LogP contribution in [0.4, 0.5) is 0 Å². The molecule has 2 rings (SSSR count). The van der Waals surface area contributed by atoms with E-state index in [2.05, 4.69) is 0 Å². The van der Waals surface area contributed by atoms with Crippen molar-refractivity contribution in [3.05, 3.63) is 52.4 Å². The Labute approximate surface area is 111 Å². The summed E-state index contributed by atoms with van der Waals surface area (Å²) in [6, 6.07) is 11.2. The van der Waals surface area contributed by atoms with Crippen LogP contribution in [0.3, 0.4) is 0 Å². The third-order valence-electron chi connectivity index (χ3n) is 2.35. The Bertz CT molecular complexity index is 499. The smallest absolute Gasteiger partial charge is 0.271 e. The molecule has 1 radical (unpaired) electrons. The van der Waals surface area contributed by atoms with E-state index in [-0.39, 0.29) is 35.1 Å². The third-order valence-corrected chi connectivity index (χ3v) is 2.35. The SMILES string of the molecule is Cc1cc(=O)n(-c2ccccc2)n1C.[Na]. The van der Waals surface area contributed by atoms with Crippen molar-refractivity contribution < 1.29 is 0 Å². The van der Waals surface area contributed by atoms with E-state index in [0.29, 0.717) is 0 Å². The predicted molar refractivity (Wildman–Crippen MR) is 61.5 cm³/mol. The second kappa shape index (κ2) is 4.84. The number of hydrogen-bond acceptors (Lipinski definition) is 1. The Morgan fingerprint density at radius 3 is 2.20 bits per heavy atom. The van der Waals surface area contributed by atoms with Gasteiger partial charge in [-0.3, -0.25) is 9.48 Å². The molecule has 4 heteroatoms. The first-order valence-electron chi connectivity index (χ1n) is 4.51. The zero-order chi connectivity index (χ0) is 10.1. The molecule has 0 unspecified atom stereocenters. The summed E-state index contributed by atoms with van der Waals surface area (Å²) in [7, 11) is 1.88. The van der Waals surface area contributed by atoms with Crippen LogP contribution < -0.4 is 5.56 Å². The second-order valence-corrected chi connectivity index (χ2v) is 3.29. The summed E-state index contributed by atoms with van der Waals surface area (Å²) in [5.74, 6) is 0. The molecule has 0 bridgehead atoms. The Balaban J connectivity index is 0.00000112. The summed E-state index contributed by atoms with van der Waals surface area (Å²) >= 11 is 0. The maximum Gasteiger partial charge on any atom is 0.271 e. The standard InChI is InChI=1S/C11H12N2O.Na/c1-9-8-11(14)13(12(9)2)10-6-4-3-5-7-10;/h3-8H,1-2H3;. The molecule has 0 spiro atoms. The quantitative estimate of drug-likeness (QED) is 0.649. The average molecular weight is 211 g/mol. The summed E-state index contributed by atoms with van der Waals surface area (Å²) in [6.45, 7) is 1.92. The molecule has 0 saturated carbocycles. The molecule has 0 aliphatic rings. The van der Waals surface area contributed by atoms with Gasteiger partial charge in [0, 0.05) is 48.4 Å². The van der Waals surface area contributed by atoms with Crippen LogP contribution in [-0.2, 0) is 7.05 Å². The van der Waals surface area contributed by atoms with Crippen LogP contribution in [0, 0.1) is 6.92 Å². The zero-order valence-electron chi connectivity index (χ0n) is 9.27. The molecular weight excluding hydrogens is 199 g/mol. The van der Waals surface area contributed by atoms with Gasteiger partial charge in [-0.25, -0.2) is 4.68 Å². The minimum atomic E-state index is 0. The van der Waals surface area contributed by atoms with Crippen molar-refractivity contribution in [3.8, 4) is 5.69 Å². The summed E-state index contributed by atoms with van der Waals surface area (Å²) in [6.07, 6.45) is 0. The molecule has 0 fully saturated rings. The topological polar surface area (TPSA) is 26.9 Å². The van der Waals surface area contributed by atoms with Crippen LogP contribution >= 0.6 is 0 Å². The largest absolute Gasteiger partial charge is 0.285 e. The molecule has 0 saturated heterocycles. The van der Waals surface area contributed by atoms with Gasteiger partial charge in [0.15, 0.2) is 0 Å². The number of aromatic nitrogens is 2. The summed E-state index contributed by atoms with van der Waals surface area (Å²) in [5, 5.41) is 0. The Morgan fingerprint density at radius 1 is 1.13 bits per heavy atom. The van der Waals surface area contributed by atoms with Crippen LogP contribution in [-0.4, -0.2) is 38.9 Å². The zero-order valence-corrected chi connectivity index (χ0v) is 11.3. The van der Waals surface area contributed by atoms with Crippen LogP contribution in [0.5, 0.6) is 0 Å². The van der Waals surface area contributed by atoms with Crippen molar-refractivity contribution >= 4 is 29.6 Å². The van der Waals surface area contributed by atoms with Crippen molar-refractivity contribution in [2.75, 3.05) is 0 Å². The fourth-order valence-corrected chi connectivity index (χ4v) is 1.51. The first-order chi connectivity index (χ1) is 6.70. The van der Waals surface area contributed by atoms with E-state index in [9.17, 15) is 4.79 Å². The van der Waals surface area contributed by atoms with E-state index in [0.717, 1.165) is 11.4 Å². The molecule has 1 aromatic heterocycles. The van der Waals surface area contributed by atoms with Gasteiger partial charge in [-0.05, 0) is 19.1 Å². The van der Waals surface area contributed by atoms with Gasteiger partial charge in [-0.2, -0.15) is 0 Å². The molecule has 15 heavy (non-hydrogen) atoms. The molecule has 3 nitrogen and oxygen atoms in total. The molecule has 73 valence electrons. The van der Waals surface area contributed by atoms with Gasteiger partial charge in [0.2, 0.25) is 0 Å². The van der Waals surface area contributed by atoms with Crippen molar-refractivity contribution in [1.29, 1.82) is 0 Å². The van der Waals surface area contributed by atoms with Crippen LogP contribution in [0.15, 0.2) is 41.2 Å². The first-order valence-corrected chi connectivity index (χ1v) is 4.51. The van der Waals surface area contributed by atoms with Crippen molar-refractivity contribution in [1.82, 2.24) is 9.36 Å². The molecule has 0 aliphatic carbocycles. The monoisotopic (exact) mass is 211 g/mol. The molecule has 1 aromatic carbocycles. The first kappa shape index (κ1) is 12.3. The van der Waals surface area contributed by atoms with E-state index >= 15 is 0 Å². The molecule has 1 heterocycles. The van der Waals surface area contributed by atoms with Gasteiger partial charge in [-0.15, -0.1) is 0 Å². The molecule has 0 amide bonds. The second-order valence-electron chi connectivity index (χ2n) is 3.29. The normalized spacial score (nSPS) is 9.73. The third kappa shape index (κ3) is 2.25. The molecular formula is C11H12N2NaO. The van der Waals surface area contributed by atoms with E-state index in [1.807, 2.05) is 49.0 Å². The number of aryl methyl sites for hydroxylation is 1.